The van der Waals surface area contributed by atoms with Crippen molar-refractivity contribution >= 4 is 29.6 Å². The number of aliphatic carboxylic acids is 1. The third-order valence-corrected chi connectivity index (χ3v) is 2.58. The number of aliphatic hydroxyl groups excluding tert-OH is 1. The molecule has 0 radical (unpaired) electrons. The van der Waals surface area contributed by atoms with Gasteiger partial charge in [0.2, 0.25) is 5.91 Å². The molecule has 0 saturated carbocycles. The van der Waals surface area contributed by atoms with Gasteiger partial charge in [0.15, 0.2) is 0 Å². The zero-order chi connectivity index (χ0) is 14.3. The van der Waals surface area contributed by atoms with Gasteiger partial charge in [-0.3, -0.25) is 4.79 Å². The molecule has 0 bridgehead atoms. The monoisotopic (exact) mass is 283 g/mol. The van der Waals surface area contributed by atoms with E-state index in [1.54, 1.807) is 30.3 Å². The van der Waals surface area contributed by atoms with Gasteiger partial charge < -0.3 is 15.5 Å². The second kappa shape index (κ2) is 7.56. The number of hydrogen-bond acceptors (Lipinski definition) is 3. The van der Waals surface area contributed by atoms with Gasteiger partial charge in [-0.25, -0.2) is 4.79 Å². The number of halogens is 1. The Labute approximate surface area is 115 Å². The molecule has 0 heterocycles. The van der Waals surface area contributed by atoms with E-state index in [4.69, 9.17) is 21.8 Å². The lowest BCUT2D eigenvalue weighted by Crippen LogP contribution is -2.40. The number of carboxylic acids is 1. The highest BCUT2D eigenvalue weighted by molar-refractivity contribution is 6.30. The topological polar surface area (TPSA) is 86.6 Å². The minimum absolute atomic E-state index is 0.0319. The Morgan fingerprint density at radius 3 is 2.47 bits per heavy atom. The van der Waals surface area contributed by atoms with Crippen LogP contribution in [-0.2, 0) is 9.59 Å². The van der Waals surface area contributed by atoms with Gasteiger partial charge in [-0.2, -0.15) is 0 Å². The molecule has 19 heavy (non-hydrogen) atoms. The van der Waals surface area contributed by atoms with Crippen molar-refractivity contribution in [2.75, 3.05) is 6.61 Å². The third kappa shape index (κ3) is 5.54. The number of carbonyl (C=O) groups excluding carboxylic acids is 1. The standard InChI is InChI=1S/C13H14ClNO4/c14-10-4-1-9(2-5-10)3-6-12(17)15-11(7-8-16)13(18)19/h1-6,11,16H,7-8H2,(H,15,17)(H,18,19)/b6-3+/t11-/m1/s1. The molecule has 1 amide bonds. The maximum absolute atomic E-state index is 11.5. The molecule has 6 heteroatoms. The van der Waals surface area contributed by atoms with Crippen LogP contribution in [0.3, 0.4) is 0 Å². The molecule has 1 atom stereocenters. The van der Waals surface area contributed by atoms with E-state index < -0.39 is 17.9 Å². The maximum Gasteiger partial charge on any atom is 0.326 e. The molecule has 1 aromatic carbocycles. The zero-order valence-electron chi connectivity index (χ0n) is 10.0. The van der Waals surface area contributed by atoms with Crippen molar-refractivity contribution in [1.29, 1.82) is 0 Å². The number of carbonyl (C=O) groups is 2. The van der Waals surface area contributed by atoms with E-state index in [1.165, 1.54) is 6.08 Å². The van der Waals surface area contributed by atoms with Crippen LogP contribution in [0.5, 0.6) is 0 Å². The Morgan fingerprint density at radius 2 is 1.95 bits per heavy atom. The van der Waals surface area contributed by atoms with Gasteiger partial charge in [0.05, 0.1) is 0 Å². The van der Waals surface area contributed by atoms with Crippen molar-refractivity contribution in [2.45, 2.75) is 12.5 Å². The van der Waals surface area contributed by atoms with Crippen molar-refractivity contribution in [3.05, 3.63) is 40.9 Å². The van der Waals surface area contributed by atoms with E-state index in [1.807, 2.05) is 0 Å². The molecule has 0 fully saturated rings. The molecule has 0 spiro atoms. The fourth-order valence-electron chi connectivity index (χ4n) is 1.35. The Hall–Kier alpha value is -1.85. The number of amides is 1. The summed E-state index contributed by atoms with van der Waals surface area (Å²) < 4.78 is 0. The number of nitrogens with one attached hydrogen (secondary N) is 1. The van der Waals surface area contributed by atoms with Crippen LogP contribution in [0.2, 0.25) is 5.02 Å². The number of aliphatic hydroxyl groups is 1. The summed E-state index contributed by atoms with van der Waals surface area (Å²) in [6, 6.07) is 5.74. The van der Waals surface area contributed by atoms with E-state index in [0.29, 0.717) is 5.02 Å². The fourth-order valence-corrected chi connectivity index (χ4v) is 1.48. The molecule has 3 N–H and O–H groups in total. The largest absolute Gasteiger partial charge is 0.480 e. The second-order valence-electron chi connectivity index (χ2n) is 3.80. The third-order valence-electron chi connectivity index (χ3n) is 2.33. The van der Waals surface area contributed by atoms with Crippen molar-refractivity contribution in [3.8, 4) is 0 Å². The maximum atomic E-state index is 11.5. The van der Waals surface area contributed by atoms with Crippen LogP contribution >= 0.6 is 11.6 Å². The van der Waals surface area contributed by atoms with E-state index in [9.17, 15) is 9.59 Å². The lowest BCUT2D eigenvalue weighted by molar-refractivity contribution is -0.141. The summed E-state index contributed by atoms with van der Waals surface area (Å²) >= 11 is 5.72. The number of hydrogen-bond donors (Lipinski definition) is 3. The van der Waals surface area contributed by atoms with E-state index in [2.05, 4.69) is 5.32 Å². The first kappa shape index (κ1) is 15.2. The highest BCUT2D eigenvalue weighted by Gasteiger charge is 2.17. The van der Waals surface area contributed by atoms with Crippen LogP contribution in [0.25, 0.3) is 6.08 Å². The first-order valence-electron chi connectivity index (χ1n) is 5.60. The molecule has 0 unspecified atom stereocenters. The van der Waals surface area contributed by atoms with E-state index >= 15 is 0 Å². The average molecular weight is 284 g/mol. The normalized spacial score (nSPS) is 12.3. The predicted octanol–water partition coefficient (Wildman–Crippen LogP) is 1.30. The van der Waals surface area contributed by atoms with Crippen molar-refractivity contribution in [1.82, 2.24) is 5.32 Å². The molecule has 5 nitrogen and oxygen atoms in total. The van der Waals surface area contributed by atoms with Crippen LogP contribution in [0.1, 0.15) is 12.0 Å². The fraction of sp³-hybridized carbons (Fsp3) is 0.231. The molecular formula is C13H14ClNO4. The molecular weight excluding hydrogens is 270 g/mol. The predicted molar refractivity (Wildman–Crippen MR) is 71.8 cm³/mol. The van der Waals surface area contributed by atoms with Crippen molar-refractivity contribution in [3.63, 3.8) is 0 Å². The minimum Gasteiger partial charge on any atom is -0.480 e. The second-order valence-corrected chi connectivity index (χ2v) is 4.23. The van der Waals surface area contributed by atoms with Crippen molar-refractivity contribution in [2.24, 2.45) is 0 Å². The lowest BCUT2D eigenvalue weighted by Gasteiger charge is -2.11. The molecule has 0 aliphatic rings. The molecule has 1 aromatic rings. The van der Waals surface area contributed by atoms with Gasteiger partial charge in [0, 0.05) is 24.1 Å². The summed E-state index contributed by atoms with van der Waals surface area (Å²) in [6.07, 6.45) is 2.75. The summed E-state index contributed by atoms with van der Waals surface area (Å²) in [6.45, 7) is -0.307. The lowest BCUT2D eigenvalue weighted by atomic mass is 10.2. The SMILES string of the molecule is O=C(/C=C/c1ccc(Cl)cc1)N[C@H](CCO)C(=O)O. The Balaban J connectivity index is 2.58. The van der Waals surface area contributed by atoms with Crippen LogP contribution in [-0.4, -0.2) is 34.7 Å². The summed E-state index contributed by atoms with van der Waals surface area (Å²) in [5.74, 6) is -1.71. The summed E-state index contributed by atoms with van der Waals surface area (Å²) in [5.41, 5.74) is 0.772. The van der Waals surface area contributed by atoms with Gasteiger partial charge in [-0.15, -0.1) is 0 Å². The highest BCUT2D eigenvalue weighted by Crippen LogP contribution is 2.10. The molecule has 0 aliphatic carbocycles. The Bertz CT molecular complexity index is 470. The number of benzene rings is 1. The van der Waals surface area contributed by atoms with Crippen LogP contribution in [0.15, 0.2) is 30.3 Å². The molecule has 0 aliphatic heterocycles. The van der Waals surface area contributed by atoms with E-state index in [0.717, 1.165) is 5.56 Å². The Morgan fingerprint density at radius 1 is 1.32 bits per heavy atom. The summed E-state index contributed by atoms with van der Waals surface area (Å²) in [5, 5.41) is 20.4. The van der Waals surface area contributed by atoms with Crippen molar-refractivity contribution < 1.29 is 19.8 Å². The molecule has 102 valence electrons. The average Bonchev–Trinajstić information content (AvgIpc) is 2.37. The van der Waals surface area contributed by atoms with Gasteiger partial charge >= 0.3 is 5.97 Å². The van der Waals surface area contributed by atoms with Crippen LogP contribution in [0, 0.1) is 0 Å². The minimum atomic E-state index is -1.18. The van der Waals surface area contributed by atoms with Gasteiger partial charge in [0.25, 0.3) is 0 Å². The molecule has 0 aromatic heterocycles. The van der Waals surface area contributed by atoms with Gasteiger partial charge in [-0.1, -0.05) is 23.7 Å². The first-order valence-corrected chi connectivity index (χ1v) is 5.98. The highest BCUT2D eigenvalue weighted by atomic mass is 35.5. The smallest absolute Gasteiger partial charge is 0.326 e. The van der Waals surface area contributed by atoms with Gasteiger partial charge in [-0.05, 0) is 23.8 Å². The zero-order valence-corrected chi connectivity index (χ0v) is 10.8. The molecule has 0 saturated heterocycles. The first-order chi connectivity index (χ1) is 9.02. The van der Waals surface area contributed by atoms with Crippen LogP contribution < -0.4 is 5.32 Å². The van der Waals surface area contributed by atoms with E-state index in [-0.39, 0.29) is 13.0 Å². The van der Waals surface area contributed by atoms with Crippen LogP contribution in [0.4, 0.5) is 0 Å². The summed E-state index contributed by atoms with van der Waals surface area (Å²) in [7, 11) is 0. The Kier molecular flexibility index (Phi) is 6.05. The quantitative estimate of drug-likeness (QED) is 0.687. The number of rotatable bonds is 6. The summed E-state index contributed by atoms with van der Waals surface area (Å²) in [4.78, 5) is 22.3. The van der Waals surface area contributed by atoms with Gasteiger partial charge in [0.1, 0.15) is 6.04 Å². The number of carboxylic acid groups (broad SMARTS) is 1. The molecule has 1 rings (SSSR count).